The molecule has 24 heavy (non-hydrogen) atoms. The third-order valence-corrected chi connectivity index (χ3v) is 3.67. The predicted octanol–water partition coefficient (Wildman–Crippen LogP) is 2.26. The van der Waals surface area contributed by atoms with Gasteiger partial charge in [0.05, 0.1) is 18.5 Å². The number of furan rings is 1. The highest BCUT2D eigenvalue weighted by atomic mass is 16.3. The molecule has 0 radical (unpaired) electrons. The van der Waals surface area contributed by atoms with Crippen molar-refractivity contribution in [1.29, 1.82) is 0 Å². The van der Waals surface area contributed by atoms with Gasteiger partial charge >= 0.3 is 0 Å². The lowest BCUT2D eigenvalue weighted by molar-refractivity contribution is -0.122. The number of hydrogen-bond donors (Lipinski definition) is 2. The van der Waals surface area contributed by atoms with Gasteiger partial charge in [0.25, 0.3) is 5.91 Å². The van der Waals surface area contributed by atoms with Gasteiger partial charge in [0.2, 0.25) is 5.91 Å². The molecule has 0 aliphatic carbocycles. The molecule has 2 amide bonds. The largest absolute Gasteiger partial charge is 0.459 e. The highest BCUT2D eigenvalue weighted by Crippen LogP contribution is 2.15. The van der Waals surface area contributed by atoms with E-state index in [0.29, 0.717) is 6.54 Å². The predicted molar refractivity (Wildman–Crippen MR) is 89.2 cm³/mol. The van der Waals surface area contributed by atoms with Gasteiger partial charge in [0.1, 0.15) is 6.04 Å². The molecular weight excluding hydrogens is 306 g/mol. The number of hydrogen-bond acceptors (Lipinski definition) is 4. The van der Waals surface area contributed by atoms with Crippen molar-refractivity contribution >= 4 is 22.6 Å². The standard InChI is InChI=1S/C18H17N3O3/c1-12(21-18(23)16-7-4-10-24-16)17(22)20-11-15-14-6-3-2-5-13(14)8-9-19-15/h2-10,12H,11H2,1H3,(H,20,22)(H,21,23)/t12-/m0/s1. The van der Waals surface area contributed by atoms with Gasteiger partial charge in [0, 0.05) is 11.6 Å². The molecule has 0 aliphatic heterocycles. The van der Waals surface area contributed by atoms with Crippen molar-refractivity contribution in [2.45, 2.75) is 19.5 Å². The van der Waals surface area contributed by atoms with E-state index in [2.05, 4.69) is 15.6 Å². The zero-order chi connectivity index (χ0) is 16.9. The summed E-state index contributed by atoms with van der Waals surface area (Å²) < 4.78 is 5.00. The molecule has 2 heterocycles. The topological polar surface area (TPSA) is 84.2 Å². The van der Waals surface area contributed by atoms with Crippen LogP contribution in [0.2, 0.25) is 0 Å². The van der Waals surface area contributed by atoms with Crippen molar-refractivity contribution in [2.24, 2.45) is 0 Å². The number of aromatic nitrogens is 1. The Morgan fingerprint density at radius 3 is 2.79 bits per heavy atom. The van der Waals surface area contributed by atoms with Crippen LogP contribution < -0.4 is 10.6 Å². The van der Waals surface area contributed by atoms with E-state index in [1.54, 1.807) is 25.3 Å². The molecule has 0 aliphatic rings. The molecule has 0 saturated heterocycles. The summed E-state index contributed by atoms with van der Waals surface area (Å²) in [5.41, 5.74) is 0.783. The molecule has 3 aromatic rings. The van der Waals surface area contributed by atoms with Crippen LogP contribution in [0.4, 0.5) is 0 Å². The number of carbonyl (C=O) groups excluding carboxylic acids is 2. The molecule has 2 N–H and O–H groups in total. The van der Waals surface area contributed by atoms with Gasteiger partial charge in [0.15, 0.2) is 5.76 Å². The second-order valence-electron chi connectivity index (χ2n) is 5.37. The molecule has 2 aromatic heterocycles. The maximum absolute atomic E-state index is 12.2. The molecule has 1 atom stereocenters. The Kier molecular flexibility index (Phi) is 4.56. The van der Waals surface area contributed by atoms with E-state index in [9.17, 15) is 9.59 Å². The summed E-state index contributed by atoms with van der Waals surface area (Å²) in [4.78, 5) is 28.4. The summed E-state index contributed by atoms with van der Waals surface area (Å²) in [5.74, 6) is -0.541. The van der Waals surface area contributed by atoms with Crippen molar-refractivity contribution in [3.63, 3.8) is 0 Å². The fourth-order valence-electron chi connectivity index (χ4n) is 2.39. The highest BCUT2D eigenvalue weighted by molar-refractivity contribution is 5.95. The molecule has 3 rings (SSSR count). The third-order valence-electron chi connectivity index (χ3n) is 3.67. The number of pyridine rings is 1. The van der Waals surface area contributed by atoms with Crippen LogP contribution >= 0.6 is 0 Å². The number of nitrogens with one attached hydrogen (secondary N) is 2. The second-order valence-corrected chi connectivity index (χ2v) is 5.37. The molecule has 1 aromatic carbocycles. The monoisotopic (exact) mass is 323 g/mol. The van der Waals surface area contributed by atoms with Gasteiger partial charge in [-0.1, -0.05) is 24.3 Å². The maximum atomic E-state index is 12.2. The fraction of sp³-hybridized carbons (Fsp3) is 0.167. The van der Waals surface area contributed by atoms with Gasteiger partial charge in [-0.25, -0.2) is 0 Å². The first kappa shape index (κ1) is 15.7. The number of amides is 2. The minimum Gasteiger partial charge on any atom is -0.459 e. The Bertz CT molecular complexity index is 854. The Morgan fingerprint density at radius 1 is 1.17 bits per heavy atom. The van der Waals surface area contributed by atoms with Crippen LogP contribution in [0.3, 0.4) is 0 Å². The first-order chi connectivity index (χ1) is 11.6. The summed E-state index contributed by atoms with van der Waals surface area (Å²) in [5, 5.41) is 7.44. The number of rotatable bonds is 5. The normalized spacial score (nSPS) is 11.9. The van der Waals surface area contributed by atoms with E-state index < -0.39 is 11.9 Å². The molecular formula is C18H17N3O3. The van der Waals surface area contributed by atoms with E-state index in [0.717, 1.165) is 16.5 Å². The maximum Gasteiger partial charge on any atom is 0.287 e. The van der Waals surface area contributed by atoms with Gasteiger partial charge in [-0.3, -0.25) is 14.6 Å². The van der Waals surface area contributed by atoms with Crippen LogP contribution in [0, 0.1) is 0 Å². The average molecular weight is 323 g/mol. The van der Waals surface area contributed by atoms with E-state index in [-0.39, 0.29) is 11.7 Å². The summed E-state index contributed by atoms with van der Waals surface area (Å²) in [6.45, 7) is 1.91. The molecule has 0 bridgehead atoms. The Hall–Kier alpha value is -3.15. The Morgan fingerprint density at radius 2 is 2.00 bits per heavy atom. The van der Waals surface area contributed by atoms with Crippen LogP contribution in [0.15, 0.2) is 59.3 Å². The van der Waals surface area contributed by atoms with Crippen LogP contribution in [0.25, 0.3) is 10.8 Å². The van der Waals surface area contributed by atoms with E-state index in [1.165, 1.54) is 6.26 Å². The lowest BCUT2D eigenvalue weighted by atomic mass is 10.1. The van der Waals surface area contributed by atoms with Crippen molar-refractivity contribution in [3.8, 4) is 0 Å². The van der Waals surface area contributed by atoms with Crippen LogP contribution in [0.5, 0.6) is 0 Å². The summed E-state index contributed by atoms with van der Waals surface area (Å²) >= 11 is 0. The van der Waals surface area contributed by atoms with Crippen LogP contribution in [0.1, 0.15) is 23.2 Å². The molecule has 0 fully saturated rings. The van der Waals surface area contributed by atoms with E-state index in [1.807, 2.05) is 30.3 Å². The van der Waals surface area contributed by atoms with Crippen LogP contribution in [-0.4, -0.2) is 22.8 Å². The summed E-state index contributed by atoms with van der Waals surface area (Å²) in [7, 11) is 0. The van der Waals surface area contributed by atoms with E-state index >= 15 is 0 Å². The summed E-state index contributed by atoms with van der Waals surface area (Å²) in [6, 6.07) is 12.2. The minimum atomic E-state index is -0.683. The highest BCUT2D eigenvalue weighted by Gasteiger charge is 2.18. The molecule has 0 saturated carbocycles. The number of nitrogens with zero attached hydrogens (tertiary/aromatic N) is 1. The molecule has 122 valence electrons. The quantitative estimate of drug-likeness (QED) is 0.754. The zero-order valence-corrected chi connectivity index (χ0v) is 13.2. The van der Waals surface area contributed by atoms with Gasteiger partial charge in [-0.2, -0.15) is 0 Å². The first-order valence-corrected chi connectivity index (χ1v) is 7.60. The lowest BCUT2D eigenvalue weighted by Gasteiger charge is -2.13. The smallest absolute Gasteiger partial charge is 0.287 e. The van der Waals surface area contributed by atoms with Crippen molar-refractivity contribution in [2.75, 3.05) is 0 Å². The Labute approximate surface area is 138 Å². The van der Waals surface area contributed by atoms with E-state index in [4.69, 9.17) is 4.42 Å². The molecule has 6 nitrogen and oxygen atoms in total. The summed E-state index contributed by atoms with van der Waals surface area (Å²) in [6.07, 6.45) is 3.12. The zero-order valence-electron chi connectivity index (χ0n) is 13.2. The van der Waals surface area contributed by atoms with Crippen molar-refractivity contribution < 1.29 is 14.0 Å². The number of carbonyl (C=O) groups is 2. The number of benzene rings is 1. The number of fused-ring (bicyclic) bond motifs is 1. The van der Waals surface area contributed by atoms with Gasteiger partial charge in [-0.05, 0) is 30.5 Å². The van der Waals surface area contributed by atoms with Gasteiger partial charge < -0.3 is 15.1 Å². The molecule has 6 heteroatoms. The first-order valence-electron chi connectivity index (χ1n) is 7.60. The minimum absolute atomic E-state index is 0.172. The Balaban J connectivity index is 1.61. The van der Waals surface area contributed by atoms with Crippen LogP contribution in [-0.2, 0) is 11.3 Å². The fourth-order valence-corrected chi connectivity index (χ4v) is 2.39. The SMILES string of the molecule is C[C@H](NC(=O)c1ccco1)C(=O)NCc1nccc2ccccc12. The van der Waals surface area contributed by atoms with Crippen molar-refractivity contribution in [1.82, 2.24) is 15.6 Å². The molecule has 0 unspecified atom stereocenters. The third kappa shape index (κ3) is 3.43. The average Bonchev–Trinajstić information content (AvgIpc) is 3.14. The lowest BCUT2D eigenvalue weighted by Crippen LogP contribution is -2.44. The second kappa shape index (κ2) is 6.95. The molecule has 0 spiro atoms. The van der Waals surface area contributed by atoms with Gasteiger partial charge in [-0.15, -0.1) is 0 Å². The van der Waals surface area contributed by atoms with Crippen molar-refractivity contribution in [3.05, 3.63) is 66.4 Å².